The third-order valence-electron chi connectivity index (χ3n) is 2.95. The van der Waals surface area contributed by atoms with E-state index in [2.05, 4.69) is 10.0 Å². The van der Waals surface area contributed by atoms with Crippen molar-refractivity contribution in [1.82, 2.24) is 5.32 Å². The highest BCUT2D eigenvalue weighted by Gasteiger charge is 2.21. The summed E-state index contributed by atoms with van der Waals surface area (Å²) in [6.45, 7) is 3.11. The van der Waals surface area contributed by atoms with Gasteiger partial charge in [-0.25, -0.2) is 8.42 Å². The summed E-state index contributed by atoms with van der Waals surface area (Å²) >= 11 is 0. The number of hydrogen-bond donors (Lipinski definition) is 3. The molecule has 21 heavy (non-hydrogen) atoms. The number of carboxylic acid groups (broad SMARTS) is 1. The van der Waals surface area contributed by atoms with Gasteiger partial charge in [0, 0.05) is 17.3 Å². The molecule has 116 valence electrons. The van der Waals surface area contributed by atoms with E-state index in [4.69, 9.17) is 5.11 Å². The molecular weight excluding hydrogens is 296 g/mol. The van der Waals surface area contributed by atoms with Gasteiger partial charge in [-0.15, -0.1) is 0 Å². The van der Waals surface area contributed by atoms with Crippen LogP contribution in [0.15, 0.2) is 24.3 Å². The third kappa shape index (κ3) is 5.42. The Morgan fingerprint density at radius 3 is 2.10 bits per heavy atom. The lowest BCUT2D eigenvalue weighted by Gasteiger charge is -2.17. The SMILES string of the molecule is CC(NC(=O)c1ccc(NS(C)(=O)=O)cc1)C(C)C(=O)O. The van der Waals surface area contributed by atoms with Crippen LogP contribution in [0.2, 0.25) is 0 Å². The van der Waals surface area contributed by atoms with Gasteiger partial charge in [0.2, 0.25) is 10.0 Å². The predicted molar refractivity (Wildman–Crippen MR) is 78.6 cm³/mol. The number of amides is 1. The van der Waals surface area contributed by atoms with E-state index < -0.39 is 33.9 Å². The topological polar surface area (TPSA) is 113 Å². The molecule has 2 atom stereocenters. The Morgan fingerprint density at radius 1 is 1.14 bits per heavy atom. The molecule has 7 nitrogen and oxygen atoms in total. The van der Waals surface area contributed by atoms with Crippen molar-refractivity contribution >= 4 is 27.6 Å². The van der Waals surface area contributed by atoms with E-state index in [1.54, 1.807) is 6.92 Å². The maximum atomic E-state index is 11.9. The molecule has 0 radical (unpaired) electrons. The van der Waals surface area contributed by atoms with E-state index in [-0.39, 0.29) is 0 Å². The minimum atomic E-state index is -3.37. The molecular formula is C13H18N2O5S. The normalized spacial score (nSPS) is 14.0. The molecule has 1 amide bonds. The fraction of sp³-hybridized carbons (Fsp3) is 0.385. The van der Waals surface area contributed by atoms with Gasteiger partial charge in [-0.3, -0.25) is 14.3 Å². The Labute approximate surface area is 123 Å². The van der Waals surface area contributed by atoms with Crippen molar-refractivity contribution in [3.8, 4) is 0 Å². The molecule has 0 heterocycles. The molecule has 0 aliphatic rings. The summed E-state index contributed by atoms with van der Waals surface area (Å²) < 4.78 is 24.4. The maximum Gasteiger partial charge on any atom is 0.308 e. The summed E-state index contributed by atoms with van der Waals surface area (Å²) in [4.78, 5) is 22.8. The van der Waals surface area contributed by atoms with Gasteiger partial charge in [0.05, 0.1) is 12.2 Å². The first-order valence-corrected chi connectivity index (χ1v) is 8.11. The number of nitrogens with one attached hydrogen (secondary N) is 2. The fourth-order valence-electron chi connectivity index (χ4n) is 1.53. The van der Waals surface area contributed by atoms with Crippen molar-refractivity contribution in [2.45, 2.75) is 19.9 Å². The minimum absolute atomic E-state index is 0.318. The second-order valence-electron chi connectivity index (χ2n) is 4.84. The van der Waals surface area contributed by atoms with Crippen molar-refractivity contribution in [3.63, 3.8) is 0 Å². The number of anilines is 1. The van der Waals surface area contributed by atoms with Crippen LogP contribution in [0.4, 0.5) is 5.69 Å². The number of benzene rings is 1. The number of hydrogen-bond acceptors (Lipinski definition) is 4. The summed E-state index contributed by atoms with van der Waals surface area (Å²) in [5.74, 6) is -2.11. The molecule has 1 rings (SSSR count). The van der Waals surface area contributed by atoms with Gasteiger partial charge in [0.1, 0.15) is 0 Å². The summed E-state index contributed by atoms with van der Waals surface area (Å²) in [7, 11) is -3.37. The highest BCUT2D eigenvalue weighted by molar-refractivity contribution is 7.92. The molecule has 8 heteroatoms. The van der Waals surface area contributed by atoms with E-state index in [9.17, 15) is 18.0 Å². The van der Waals surface area contributed by atoms with Gasteiger partial charge in [-0.2, -0.15) is 0 Å². The van der Waals surface area contributed by atoms with Crippen LogP contribution in [0.25, 0.3) is 0 Å². The average molecular weight is 314 g/mol. The number of rotatable bonds is 6. The third-order valence-corrected chi connectivity index (χ3v) is 3.56. The number of carbonyl (C=O) groups is 2. The lowest BCUT2D eigenvalue weighted by molar-refractivity contribution is -0.141. The molecule has 1 aromatic rings. The Kier molecular flexibility index (Phi) is 5.31. The largest absolute Gasteiger partial charge is 0.481 e. The van der Waals surface area contributed by atoms with Gasteiger partial charge < -0.3 is 10.4 Å². The number of sulfonamides is 1. The second-order valence-corrected chi connectivity index (χ2v) is 6.59. The number of carbonyl (C=O) groups excluding carboxylic acids is 1. The van der Waals surface area contributed by atoms with Crippen molar-refractivity contribution in [3.05, 3.63) is 29.8 Å². The second kappa shape index (κ2) is 6.57. The standard InChI is InChI=1S/C13H18N2O5S/c1-8(13(17)18)9(2)14-12(16)10-4-6-11(7-5-10)15-21(3,19)20/h4-9,15H,1-3H3,(H,14,16)(H,17,18). The van der Waals surface area contributed by atoms with E-state index in [0.29, 0.717) is 11.3 Å². The molecule has 0 fully saturated rings. The predicted octanol–water partition coefficient (Wildman–Crippen LogP) is 0.897. The van der Waals surface area contributed by atoms with Crippen molar-refractivity contribution < 1.29 is 23.1 Å². The van der Waals surface area contributed by atoms with Gasteiger partial charge in [0.15, 0.2) is 0 Å². The van der Waals surface area contributed by atoms with Crippen LogP contribution in [-0.4, -0.2) is 37.7 Å². The number of aliphatic carboxylic acids is 1. The van der Waals surface area contributed by atoms with Crippen LogP contribution in [0.1, 0.15) is 24.2 Å². The summed E-state index contributed by atoms with van der Waals surface area (Å²) in [6, 6.07) is 5.31. The van der Waals surface area contributed by atoms with Crippen LogP contribution >= 0.6 is 0 Å². The Balaban J connectivity index is 2.74. The first kappa shape index (κ1) is 17.0. The molecule has 0 aliphatic heterocycles. The molecule has 0 spiro atoms. The van der Waals surface area contributed by atoms with Crippen LogP contribution in [0.3, 0.4) is 0 Å². The van der Waals surface area contributed by atoms with Gasteiger partial charge in [-0.05, 0) is 38.1 Å². The maximum absolute atomic E-state index is 11.9. The van der Waals surface area contributed by atoms with Crippen LogP contribution in [-0.2, 0) is 14.8 Å². The van der Waals surface area contributed by atoms with E-state index in [0.717, 1.165) is 6.26 Å². The molecule has 1 aromatic carbocycles. The van der Waals surface area contributed by atoms with E-state index in [1.165, 1.54) is 31.2 Å². The smallest absolute Gasteiger partial charge is 0.308 e. The quantitative estimate of drug-likeness (QED) is 0.722. The summed E-state index contributed by atoms with van der Waals surface area (Å²) in [6.07, 6.45) is 1.03. The van der Waals surface area contributed by atoms with Crippen LogP contribution in [0.5, 0.6) is 0 Å². The number of carboxylic acids is 1. The zero-order valence-corrected chi connectivity index (χ0v) is 12.8. The molecule has 0 aromatic heterocycles. The van der Waals surface area contributed by atoms with Gasteiger partial charge in [-0.1, -0.05) is 0 Å². The van der Waals surface area contributed by atoms with E-state index >= 15 is 0 Å². The first-order chi connectivity index (χ1) is 9.60. The monoisotopic (exact) mass is 314 g/mol. The molecule has 3 N–H and O–H groups in total. The Bertz CT molecular complexity index is 624. The van der Waals surface area contributed by atoms with Crippen molar-refractivity contribution in [2.75, 3.05) is 11.0 Å². The van der Waals surface area contributed by atoms with Crippen LogP contribution in [0, 0.1) is 5.92 Å². The fourth-order valence-corrected chi connectivity index (χ4v) is 2.10. The summed E-state index contributed by atoms with van der Waals surface area (Å²) in [5, 5.41) is 11.5. The minimum Gasteiger partial charge on any atom is -0.481 e. The molecule has 0 saturated heterocycles. The Morgan fingerprint density at radius 2 is 1.67 bits per heavy atom. The summed E-state index contributed by atoms with van der Waals surface area (Å²) in [5.41, 5.74) is 0.666. The molecule has 0 bridgehead atoms. The highest BCUT2D eigenvalue weighted by atomic mass is 32.2. The first-order valence-electron chi connectivity index (χ1n) is 6.21. The lowest BCUT2D eigenvalue weighted by atomic mass is 10.0. The average Bonchev–Trinajstić information content (AvgIpc) is 2.36. The van der Waals surface area contributed by atoms with Crippen LogP contribution < -0.4 is 10.0 Å². The van der Waals surface area contributed by atoms with Crippen molar-refractivity contribution in [1.29, 1.82) is 0 Å². The Hall–Kier alpha value is -2.09. The van der Waals surface area contributed by atoms with E-state index in [1.807, 2.05) is 0 Å². The van der Waals surface area contributed by atoms with Gasteiger partial charge in [0.25, 0.3) is 5.91 Å². The highest BCUT2D eigenvalue weighted by Crippen LogP contribution is 2.11. The van der Waals surface area contributed by atoms with Crippen molar-refractivity contribution in [2.24, 2.45) is 5.92 Å². The lowest BCUT2D eigenvalue weighted by Crippen LogP contribution is -2.40. The molecule has 0 aliphatic carbocycles. The zero-order valence-electron chi connectivity index (χ0n) is 12.0. The van der Waals surface area contributed by atoms with Gasteiger partial charge >= 0.3 is 5.97 Å². The zero-order chi connectivity index (χ0) is 16.2. The molecule has 2 unspecified atom stereocenters. The molecule has 0 saturated carbocycles.